The standard InChI is InChI=1S/C39H42ClF2N5O4/c1-2-38(12-15-46(16-13-38)37(49)50-22-24-7-4-3-5-8-24)35-29-20-43-33(28-17-27(48)18-30(40)31(28)25-9-10-25)32(42)34(29)44-36(45-35)51-23-39-11-6-14-47(39)21-26(41)19-39/h3-5,7-8,17-18,20,25-26,48H,2,6,9-16,19,21-23H2,1H3/t26-,39+/m1/s1. The minimum Gasteiger partial charge on any atom is -0.508 e. The van der Waals surface area contributed by atoms with Crippen LogP contribution in [0.5, 0.6) is 11.8 Å². The van der Waals surface area contributed by atoms with Crippen LogP contribution in [0.1, 0.15) is 81.0 Å². The van der Waals surface area contributed by atoms with Gasteiger partial charge < -0.3 is 19.5 Å². The van der Waals surface area contributed by atoms with Gasteiger partial charge in [-0.1, -0.05) is 48.9 Å². The van der Waals surface area contributed by atoms with Crippen molar-refractivity contribution in [2.24, 2.45) is 0 Å². The Morgan fingerprint density at radius 3 is 2.63 bits per heavy atom. The summed E-state index contributed by atoms with van der Waals surface area (Å²) in [5.41, 5.74) is 1.88. The molecule has 1 saturated carbocycles. The maximum absolute atomic E-state index is 17.0. The topological polar surface area (TPSA) is 101 Å². The zero-order valence-corrected chi connectivity index (χ0v) is 29.5. The molecule has 1 aliphatic carbocycles. The van der Waals surface area contributed by atoms with Crippen molar-refractivity contribution < 1.29 is 28.2 Å². The first-order valence-electron chi connectivity index (χ1n) is 18.1. The summed E-state index contributed by atoms with van der Waals surface area (Å²) < 4.78 is 43.6. The van der Waals surface area contributed by atoms with Crippen molar-refractivity contribution >= 4 is 28.6 Å². The number of ether oxygens (including phenoxy) is 2. The number of phenols is 1. The van der Waals surface area contributed by atoms with E-state index in [0.717, 1.165) is 43.4 Å². The van der Waals surface area contributed by atoms with E-state index in [0.29, 0.717) is 67.0 Å². The molecule has 0 spiro atoms. The Morgan fingerprint density at radius 1 is 1.10 bits per heavy atom. The van der Waals surface area contributed by atoms with E-state index >= 15 is 4.39 Å². The third-order valence-corrected chi connectivity index (χ3v) is 11.9. The average Bonchev–Trinajstić information content (AvgIpc) is 3.82. The predicted octanol–water partition coefficient (Wildman–Crippen LogP) is 8.10. The van der Waals surface area contributed by atoms with Crippen LogP contribution >= 0.6 is 11.6 Å². The first-order valence-corrected chi connectivity index (χ1v) is 18.4. The molecule has 2 aromatic carbocycles. The largest absolute Gasteiger partial charge is 0.508 e. The molecule has 1 amide bonds. The molecule has 9 nitrogen and oxygen atoms in total. The summed E-state index contributed by atoms with van der Waals surface area (Å²) in [4.78, 5) is 31.2. The molecular formula is C39H42ClF2N5O4. The number of hydrogen-bond acceptors (Lipinski definition) is 8. The highest BCUT2D eigenvalue weighted by atomic mass is 35.5. The number of nitrogens with zero attached hydrogens (tertiary/aromatic N) is 5. The third kappa shape index (κ3) is 6.37. The number of alkyl halides is 1. The lowest BCUT2D eigenvalue weighted by Crippen LogP contribution is -2.46. The number of aromatic hydroxyl groups is 1. The molecule has 0 radical (unpaired) electrons. The van der Waals surface area contributed by atoms with Crippen molar-refractivity contribution in [2.75, 3.05) is 32.8 Å². The second-order valence-electron chi connectivity index (χ2n) is 14.7. The Labute approximate surface area is 300 Å². The summed E-state index contributed by atoms with van der Waals surface area (Å²) in [6, 6.07) is 12.6. The molecule has 51 heavy (non-hydrogen) atoms. The van der Waals surface area contributed by atoms with Crippen LogP contribution in [0.25, 0.3) is 22.2 Å². The third-order valence-electron chi connectivity index (χ3n) is 11.6. The predicted molar refractivity (Wildman–Crippen MR) is 189 cm³/mol. The van der Waals surface area contributed by atoms with E-state index in [1.54, 1.807) is 11.1 Å². The van der Waals surface area contributed by atoms with Crippen molar-refractivity contribution in [3.05, 3.63) is 76.3 Å². The normalized spacial score (nSPS) is 23.1. The molecule has 2 atom stereocenters. The number of amides is 1. The van der Waals surface area contributed by atoms with Crippen LogP contribution < -0.4 is 4.74 Å². The van der Waals surface area contributed by atoms with E-state index < -0.39 is 22.9 Å². The molecule has 5 heterocycles. The first kappa shape index (κ1) is 34.0. The molecule has 2 aromatic heterocycles. The van der Waals surface area contributed by atoms with Crippen LogP contribution in [-0.4, -0.2) is 80.4 Å². The number of carbonyl (C=O) groups is 1. The van der Waals surface area contributed by atoms with Crippen molar-refractivity contribution in [2.45, 2.75) is 87.9 Å². The highest BCUT2D eigenvalue weighted by Crippen LogP contribution is 2.50. The molecule has 4 fully saturated rings. The summed E-state index contributed by atoms with van der Waals surface area (Å²) in [6.07, 6.45) is 6.11. The van der Waals surface area contributed by atoms with Gasteiger partial charge in [0.05, 0.1) is 11.2 Å². The molecular weight excluding hydrogens is 676 g/mol. The van der Waals surface area contributed by atoms with Crippen LogP contribution in [0.2, 0.25) is 5.02 Å². The molecule has 1 N–H and O–H groups in total. The lowest BCUT2D eigenvalue weighted by molar-refractivity contribution is 0.0757. The SMILES string of the molecule is CCC1(c2nc(OC[C@@]34CCCN3C[C@H](F)C4)nc3c(F)c(-c4cc(O)cc(Cl)c4C4CC4)ncc23)CCN(C(=O)OCc2ccccc2)CC1. The molecule has 4 aromatic rings. The second kappa shape index (κ2) is 13.5. The van der Waals surface area contributed by atoms with Crippen LogP contribution in [-0.2, 0) is 16.8 Å². The molecule has 3 saturated heterocycles. The summed E-state index contributed by atoms with van der Waals surface area (Å²) >= 11 is 6.60. The van der Waals surface area contributed by atoms with Gasteiger partial charge in [0.25, 0.3) is 0 Å². The van der Waals surface area contributed by atoms with Crippen molar-refractivity contribution in [1.29, 1.82) is 0 Å². The Balaban J connectivity index is 1.15. The number of aromatic nitrogens is 3. The van der Waals surface area contributed by atoms with Gasteiger partial charge in [0.2, 0.25) is 0 Å². The van der Waals surface area contributed by atoms with Crippen LogP contribution in [0.3, 0.4) is 0 Å². The van der Waals surface area contributed by atoms with Gasteiger partial charge in [0.15, 0.2) is 5.82 Å². The summed E-state index contributed by atoms with van der Waals surface area (Å²) in [5.74, 6) is -0.560. The zero-order chi connectivity index (χ0) is 35.3. The van der Waals surface area contributed by atoms with Gasteiger partial charge in [-0.05, 0) is 80.7 Å². The minimum absolute atomic E-state index is 0.0333. The van der Waals surface area contributed by atoms with E-state index in [1.807, 2.05) is 30.3 Å². The number of halogens is 3. The van der Waals surface area contributed by atoms with Gasteiger partial charge in [0.1, 0.15) is 36.3 Å². The molecule has 4 aliphatic rings. The number of rotatable bonds is 9. The molecule has 3 aliphatic heterocycles. The van der Waals surface area contributed by atoms with Gasteiger partial charge in [-0.2, -0.15) is 9.97 Å². The van der Waals surface area contributed by atoms with Crippen LogP contribution in [0.4, 0.5) is 13.6 Å². The molecule has 12 heteroatoms. The Kier molecular flexibility index (Phi) is 8.99. The van der Waals surface area contributed by atoms with Gasteiger partial charge in [-0.25, -0.2) is 13.6 Å². The molecule has 8 rings (SSSR count). The maximum Gasteiger partial charge on any atom is 0.410 e. The number of carbonyl (C=O) groups excluding carboxylic acids is 1. The highest BCUT2D eigenvalue weighted by Gasteiger charge is 2.49. The molecule has 0 bridgehead atoms. The van der Waals surface area contributed by atoms with Gasteiger partial charge >= 0.3 is 12.1 Å². The number of phenolic OH excluding ortho intramolecular Hbond substituents is 1. The smallest absolute Gasteiger partial charge is 0.410 e. The number of likely N-dealkylation sites (tertiary alicyclic amines) is 1. The second-order valence-corrected chi connectivity index (χ2v) is 15.1. The number of pyridine rings is 1. The van der Waals surface area contributed by atoms with Gasteiger partial charge in [0, 0.05) is 53.6 Å². The zero-order valence-electron chi connectivity index (χ0n) is 28.7. The van der Waals surface area contributed by atoms with E-state index in [9.17, 15) is 14.3 Å². The van der Waals surface area contributed by atoms with Crippen molar-refractivity contribution in [3.8, 4) is 23.0 Å². The Morgan fingerprint density at radius 2 is 1.88 bits per heavy atom. The minimum atomic E-state index is -0.921. The fraction of sp³-hybridized carbons (Fsp3) is 0.487. The number of hydrogen-bond donors (Lipinski definition) is 1. The van der Waals surface area contributed by atoms with Crippen LogP contribution in [0, 0.1) is 5.82 Å². The lowest BCUT2D eigenvalue weighted by Gasteiger charge is -2.41. The molecule has 0 unspecified atom stereocenters. The van der Waals surface area contributed by atoms with E-state index in [4.69, 9.17) is 26.1 Å². The van der Waals surface area contributed by atoms with E-state index in [2.05, 4.69) is 21.8 Å². The average molecular weight is 718 g/mol. The first-order chi connectivity index (χ1) is 24.7. The lowest BCUT2D eigenvalue weighted by atomic mass is 9.72. The number of piperidine rings is 1. The summed E-state index contributed by atoms with van der Waals surface area (Å²) in [5, 5.41) is 11.3. The van der Waals surface area contributed by atoms with Gasteiger partial charge in [-0.3, -0.25) is 9.88 Å². The quantitative estimate of drug-likeness (QED) is 0.185. The van der Waals surface area contributed by atoms with Crippen molar-refractivity contribution in [3.63, 3.8) is 0 Å². The van der Waals surface area contributed by atoms with E-state index in [1.165, 1.54) is 12.1 Å². The monoisotopic (exact) mass is 717 g/mol. The van der Waals surface area contributed by atoms with Gasteiger partial charge in [-0.15, -0.1) is 0 Å². The Bertz CT molecular complexity index is 1960. The van der Waals surface area contributed by atoms with E-state index in [-0.39, 0.29) is 48.2 Å². The summed E-state index contributed by atoms with van der Waals surface area (Å²) in [6.45, 7) is 4.52. The van der Waals surface area contributed by atoms with Crippen molar-refractivity contribution in [1.82, 2.24) is 24.8 Å². The number of benzene rings is 2. The molecule has 268 valence electrons. The maximum atomic E-state index is 17.0. The van der Waals surface area contributed by atoms with Crippen LogP contribution in [0.15, 0.2) is 48.7 Å². The summed E-state index contributed by atoms with van der Waals surface area (Å²) in [7, 11) is 0. The number of fused-ring (bicyclic) bond motifs is 2. The fourth-order valence-corrected chi connectivity index (χ4v) is 8.98. The fourth-order valence-electron chi connectivity index (χ4n) is 8.61. The Hall–Kier alpha value is -4.09. The highest BCUT2D eigenvalue weighted by molar-refractivity contribution is 6.32.